The summed E-state index contributed by atoms with van der Waals surface area (Å²) in [5.41, 5.74) is 2.19. The number of amides is 1. The van der Waals surface area contributed by atoms with Crippen LogP contribution >= 0.6 is 0 Å². The third kappa shape index (κ3) is 6.69. The van der Waals surface area contributed by atoms with E-state index in [2.05, 4.69) is 24.3 Å². The van der Waals surface area contributed by atoms with Crippen molar-refractivity contribution in [1.82, 2.24) is 4.90 Å². The van der Waals surface area contributed by atoms with Crippen molar-refractivity contribution >= 4 is 18.0 Å². The van der Waals surface area contributed by atoms with Crippen molar-refractivity contribution in [3.05, 3.63) is 71.8 Å². The largest absolute Gasteiger partial charge is 0.494 e. The SMILES string of the molecule is O=C(O)C(O)[C@@H]1CCCN1C(=O)C=Cc1ccc(OCCCCc2ccccc2)cc1. The highest BCUT2D eigenvalue weighted by Crippen LogP contribution is 2.21. The molecule has 0 radical (unpaired) electrons. The lowest BCUT2D eigenvalue weighted by atomic mass is 10.1. The number of aliphatic hydroxyl groups excluding tert-OH is 1. The van der Waals surface area contributed by atoms with Crippen LogP contribution < -0.4 is 4.74 Å². The minimum atomic E-state index is -1.55. The summed E-state index contributed by atoms with van der Waals surface area (Å²) in [4.78, 5) is 24.9. The van der Waals surface area contributed by atoms with E-state index in [1.807, 2.05) is 30.3 Å². The van der Waals surface area contributed by atoms with E-state index in [1.165, 1.54) is 16.5 Å². The molecule has 2 N–H and O–H groups in total. The molecule has 6 nitrogen and oxygen atoms in total. The van der Waals surface area contributed by atoms with Crippen LogP contribution in [0.5, 0.6) is 5.75 Å². The van der Waals surface area contributed by atoms with Gasteiger partial charge >= 0.3 is 5.97 Å². The van der Waals surface area contributed by atoms with Crippen LogP contribution in [0.15, 0.2) is 60.7 Å². The Morgan fingerprint density at radius 1 is 1.10 bits per heavy atom. The first kappa shape index (κ1) is 22.6. The summed E-state index contributed by atoms with van der Waals surface area (Å²) < 4.78 is 5.79. The standard InChI is InChI=1S/C25H29NO5/c27-23(26-17-6-10-22(26)24(28)25(29)30)16-13-20-11-14-21(15-12-20)31-18-5-4-9-19-7-2-1-3-8-19/h1-3,7-8,11-16,22,24,28H,4-6,9-10,17-18H2,(H,29,30)/t22-,24?/m0/s1. The highest BCUT2D eigenvalue weighted by molar-refractivity contribution is 5.92. The smallest absolute Gasteiger partial charge is 0.334 e. The minimum absolute atomic E-state index is 0.290. The van der Waals surface area contributed by atoms with Gasteiger partial charge in [0, 0.05) is 12.6 Å². The van der Waals surface area contributed by atoms with Crippen molar-refractivity contribution in [2.24, 2.45) is 0 Å². The number of likely N-dealkylation sites (tertiary alicyclic amines) is 1. The quantitative estimate of drug-likeness (QED) is 0.451. The minimum Gasteiger partial charge on any atom is -0.494 e. The zero-order chi connectivity index (χ0) is 22.1. The van der Waals surface area contributed by atoms with Crippen LogP contribution in [0.4, 0.5) is 0 Å². The van der Waals surface area contributed by atoms with Crippen LogP contribution in [0.1, 0.15) is 36.8 Å². The van der Waals surface area contributed by atoms with Gasteiger partial charge in [-0.1, -0.05) is 42.5 Å². The van der Waals surface area contributed by atoms with E-state index in [-0.39, 0.29) is 5.91 Å². The van der Waals surface area contributed by atoms with Gasteiger partial charge in [-0.25, -0.2) is 4.79 Å². The number of carbonyl (C=O) groups is 2. The molecule has 0 saturated carbocycles. The fourth-order valence-electron chi connectivity index (χ4n) is 3.76. The molecule has 2 aromatic carbocycles. The predicted molar refractivity (Wildman–Crippen MR) is 119 cm³/mol. The van der Waals surface area contributed by atoms with Gasteiger partial charge in [-0.2, -0.15) is 0 Å². The fraction of sp³-hybridized carbons (Fsp3) is 0.360. The average Bonchev–Trinajstić information content (AvgIpc) is 3.28. The Labute approximate surface area is 182 Å². The molecule has 3 rings (SSSR count). The van der Waals surface area contributed by atoms with E-state index in [0.29, 0.717) is 26.0 Å². The number of aliphatic carboxylic acids is 1. The monoisotopic (exact) mass is 423 g/mol. The molecule has 2 aromatic rings. The van der Waals surface area contributed by atoms with Gasteiger partial charge in [-0.3, -0.25) is 4.79 Å². The molecule has 1 saturated heterocycles. The number of hydrogen-bond acceptors (Lipinski definition) is 4. The maximum atomic E-state index is 12.4. The van der Waals surface area contributed by atoms with Crippen LogP contribution in [0.3, 0.4) is 0 Å². The van der Waals surface area contributed by atoms with Gasteiger partial charge < -0.3 is 19.8 Å². The molecule has 0 aliphatic carbocycles. The number of aliphatic hydroxyl groups is 1. The maximum Gasteiger partial charge on any atom is 0.334 e. The number of aryl methyl sites for hydroxylation is 1. The number of nitrogens with zero attached hydrogens (tertiary/aromatic N) is 1. The molecule has 2 atom stereocenters. The Balaban J connectivity index is 1.42. The number of ether oxygens (including phenoxy) is 1. The number of carboxylic acid groups (broad SMARTS) is 1. The molecular formula is C25H29NO5. The second-order valence-electron chi connectivity index (χ2n) is 7.72. The van der Waals surface area contributed by atoms with E-state index in [4.69, 9.17) is 9.84 Å². The van der Waals surface area contributed by atoms with Crippen molar-refractivity contribution in [1.29, 1.82) is 0 Å². The van der Waals surface area contributed by atoms with Crippen molar-refractivity contribution in [2.45, 2.75) is 44.2 Å². The van der Waals surface area contributed by atoms with Gasteiger partial charge in [0.15, 0.2) is 6.10 Å². The van der Waals surface area contributed by atoms with Crippen LogP contribution in [-0.2, 0) is 16.0 Å². The van der Waals surface area contributed by atoms with Gasteiger partial charge in [0.1, 0.15) is 5.75 Å². The van der Waals surface area contributed by atoms with Gasteiger partial charge in [0.05, 0.1) is 12.6 Å². The molecule has 1 unspecified atom stereocenters. The molecule has 31 heavy (non-hydrogen) atoms. The first-order valence-electron chi connectivity index (χ1n) is 10.7. The Morgan fingerprint density at radius 2 is 1.84 bits per heavy atom. The lowest BCUT2D eigenvalue weighted by Gasteiger charge is -2.25. The zero-order valence-corrected chi connectivity index (χ0v) is 17.5. The summed E-state index contributed by atoms with van der Waals surface area (Å²) in [5, 5.41) is 18.8. The topological polar surface area (TPSA) is 87.1 Å². The summed E-state index contributed by atoms with van der Waals surface area (Å²) in [6, 6.07) is 17.2. The van der Waals surface area contributed by atoms with E-state index < -0.39 is 18.1 Å². The van der Waals surface area contributed by atoms with Crippen LogP contribution in [0, 0.1) is 0 Å². The van der Waals surface area contributed by atoms with E-state index in [1.54, 1.807) is 6.08 Å². The second kappa shape index (κ2) is 11.3. The molecule has 0 aromatic heterocycles. The molecular weight excluding hydrogens is 394 g/mol. The van der Waals surface area contributed by atoms with E-state index in [0.717, 1.165) is 30.6 Å². The highest BCUT2D eigenvalue weighted by Gasteiger charge is 2.36. The van der Waals surface area contributed by atoms with Crippen LogP contribution in [0.25, 0.3) is 6.08 Å². The predicted octanol–water partition coefficient (Wildman–Crippen LogP) is 3.54. The van der Waals surface area contributed by atoms with Crippen molar-refractivity contribution in [2.75, 3.05) is 13.2 Å². The zero-order valence-electron chi connectivity index (χ0n) is 17.5. The second-order valence-corrected chi connectivity index (χ2v) is 7.72. The Kier molecular flexibility index (Phi) is 8.24. The summed E-state index contributed by atoms with van der Waals surface area (Å²) in [7, 11) is 0. The number of unbranched alkanes of at least 4 members (excludes halogenated alkanes) is 1. The third-order valence-corrected chi connectivity index (χ3v) is 5.47. The van der Waals surface area contributed by atoms with E-state index >= 15 is 0 Å². The van der Waals surface area contributed by atoms with E-state index in [9.17, 15) is 14.7 Å². The van der Waals surface area contributed by atoms with Crippen molar-refractivity contribution in [3.8, 4) is 5.75 Å². The van der Waals surface area contributed by atoms with Gasteiger partial charge in [-0.05, 0) is 61.4 Å². The first-order valence-corrected chi connectivity index (χ1v) is 10.7. The molecule has 164 valence electrons. The number of rotatable bonds is 10. The average molecular weight is 424 g/mol. The molecule has 0 spiro atoms. The Morgan fingerprint density at radius 3 is 2.55 bits per heavy atom. The molecule has 1 amide bonds. The number of benzene rings is 2. The molecule has 1 heterocycles. The Hall–Kier alpha value is -3.12. The van der Waals surface area contributed by atoms with Gasteiger partial charge in [0.2, 0.25) is 5.91 Å². The molecule has 0 bridgehead atoms. The normalized spacial score (nSPS) is 17.1. The summed E-state index contributed by atoms with van der Waals surface area (Å²) in [5.74, 6) is -0.807. The molecule has 1 aliphatic heterocycles. The lowest BCUT2D eigenvalue weighted by Crippen LogP contribution is -2.45. The number of carboxylic acids is 1. The van der Waals surface area contributed by atoms with Crippen molar-refractivity contribution in [3.63, 3.8) is 0 Å². The molecule has 1 fully saturated rings. The fourth-order valence-corrected chi connectivity index (χ4v) is 3.76. The Bertz CT molecular complexity index is 879. The van der Waals surface area contributed by atoms with Crippen molar-refractivity contribution < 1.29 is 24.5 Å². The summed E-state index contributed by atoms with van der Waals surface area (Å²) in [6.45, 7) is 1.11. The van der Waals surface area contributed by atoms with Crippen LogP contribution in [-0.4, -0.2) is 52.3 Å². The highest BCUT2D eigenvalue weighted by atomic mass is 16.5. The van der Waals surface area contributed by atoms with Gasteiger partial charge in [0.25, 0.3) is 0 Å². The summed E-state index contributed by atoms with van der Waals surface area (Å²) in [6.07, 6.45) is 5.83. The maximum absolute atomic E-state index is 12.4. The summed E-state index contributed by atoms with van der Waals surface area (Å²) >= 11 is 0. The lowest BCUT2D eigenvalue weighted by molar-refractivity contribution is -0.151. The first-order chi connectivity index (χ1) is 15.0. The van der Waals surface area contributed by atoms with Crippen LogP contribution in [0.2, 0.25) is 0 Å². The molecule has 1 aliphatic rings. The third-order valence-electron chi connectivity index (χ3n) is 5.47. The number of carbonyl (C=O) groups excluding carboxylic acids is 1. The molecule has 6 heteroatoms. The van der Waals surface area contributed by atoms with Gasteiger partial charge in [-0.15, -0.1) is 0 Å². The number of hydrogen-bond donors (Lipinski definition) is 2.